The molecule has 1 aromatic heterocycles. The number of amides is 3. The molecular weight excluding hydrogens is 442 g/mol. The summed E-state index contributed by atoms with van der Waals surface area (Å²) in [6.45, 7) is 0.486. The first-order valence-corrected chi connectivity index (χ1v) is 11.0. The molecule has 7 N–H and O–H groups in total. The van der Waals surface area contributed by atoms with Crippen molar-refractivity contribution < 1.29 is 19.1 Å². The molecule has 3 amide bonds. The van der Waals surface area contributed by atoms with Crippen LogP contribution in [0.1, 0.15) is 39.1 Å². The third-order valence-electron chi connectivity index (χ3n) is 4.75. The first-order valence-electron chi connectivity index (χ1n) is 10.2. The van der Waals surface area contributed by atoms with Gasteiger partial charge in [-0.2, -0.15) is 0 Å². The van der Waals surface area contributed by atoms with Crippen molar-refractivity contribution in [3.63, 3.8) is 0 Å². The molecule has 0 saturated heterocycles. The monoisotopic (exact) mass is 467 g/mol. The summed E-state index contributed by atoms with van der Waals surface area (Å²) in [7, 11) is 0. The zero-order valence-corrected chi connectivity index (χ0v) is 18.6. The van der Waals surface area contributed by atoms with Gasteiger partial charge < -0.3 is 27.3 Å². The van der Waals surface area contributed by atoms with Crippen LogP contribution in [-0.2, 0) is 22.6 Å². The second-order valence-electron chi connectivity index (χ2n) is 7.40. The summed E-state index contributed by atoms with van der Waals surface area (Å²) < 4.78 is 5.79. The van der Waals surface area contributed by atoms with Gasteiger partial charge in [-0.15, -0.1) is 11.3 Å². The molecule has 33 heavy (non-hydrogen) atoms. The summed E-state index contributed by atoms with van der Waals surface area (Å²) in [5.41, 5.74) is 18.7. The standard InChI is InChI=1S/C23H25N5O4S/c24-17(10-14-6-8-16(9-7-14)32-12-15-4-2-1-3-5-15)23-28-19(13-33-23)22(31)27-18(21(26)30)11-20(25)29/h1-9,13,17-18H,10-12,24H2,(H2,25,29)(H2,26,30)(H,27,31). The molecule has 1 heterocycles. The smallest absolute Gasteiger partial charge is 0.271 e. The predicted molar refractivity (Wildman–Crippen MR) is 124 cm³/mol. The van der Waals surface area contributed by atoms with Crippen molar-refractivity contribution in [2.75, 3.05) is 0 Å². The van der Waals surface area contributed by atoms with E-state index in [0.717, 1.165) is 16.9 Å². The number of hydrogen-bond donors (Lipinski definition) is 4. The molecule has 0 radical (unpaired) electrons. The number of ether oxygens (including phenoxy) is 1. The summed E-state index contributed by atoms with van der Waals surface area (Å²) >= 11 is 1.23. The fourth-order valence-corrected chi connectivity index (χ4v) is 3.82. The average Bonchev–Trinajstić information content (AvgIpc) is 3.29. The lowest BCUT2D eigenvalue weighted by atomic mass is 10.1. The largest absolute Gasteiger partial charge is 0.489 e. The van der Waals surface area contributed by atoms with Crippen LogP contribution < -0.4 is 27.3 Å². The van der Waals surface area contributed by atoms with Gasteiger partial charge in [0.15, 0.2) is 0 Å². The van der Waals surface area contributed by atoms with E-state index < -0.39 is 29.8 Å². The quantitative estimate of drug-likeness (QED) is 0.333. The number of carbonyl (C=O) groups excluding carboxylic acids is 3. The fraction of sp³-hybridized carbons (Fsp3) is 0.217. The molecular formula is C23H25N5O4S. The van der Waals surface area contributed by atoms with Crippen LogP contribution in [0.4, 0.5) is 0 Å². The van der Waals surface area contributed by atoms with Crippen LogP contribution in [0.15, 0.2) is 60.0 Å². The molecule has 0 spiro atoms. The molecule has 0 saturated carbocycles. The molecule has 9 nitrogen and oxygen atoms in total. The van der Waals surface area contributed by atoms with Gasteiger partial charge in [0.05, 0.1) is 12.5 Å². The van der Waals surface area contributed by atoms with Gasteiger partial charge in [-0.3, -0.25) is 14.4 Å². The van der Waals surface area contributed by atoms with E-state index >= 15 is 0 Å². The molecule has 3 rings (SSSR count). The van der Waals surface area contributed by atoms with Crippen molar-refractivity contribution in [3.8, 4) is 5.75 Å². The van der Waals surface area contributed by atoms with Crippen LogP contribution in [0.25, 0.3) is 0 Å². The summed E-state index contributed by atoms with van der Waals surface area (Å²) in [6.07, 6.45) is 0.127. The lowest BCUT2D eigenvalue weighted by molar-refractivity contribution is -0.124. The predicted octanol–water partition coefficient (Wildman–Crippen LogP) is 1.42. The van der Waals surface area contributed by atoms with Gasteiger partial charge in [-0.1, -0.05) is 42.5 Å². The van der Waals surface area contributed by atoms with Crippen molar-refractivity contribution in [1.29, 1.82) is 0 Å². The van der Waals surface area contributed by atoms with Gasteiger partial charge in [0.1, 0.15) is 29.1 Å². The first-order chi connectivity index (χ1) is 15.8. The second kappa shape index (κ2) is 11.2. The Morgan fingerprint density at radius 1 is 1.00 bits per heavy atom. The van der Waals surface area contributed by atoms with E-state index in [4.69, 9.17) is 21.9 Å². The number of rotatable bonds is 11. The lowest BCUT2D eigenvalue weighted by Gasteiger charge is -2.12. The van der Waals surface area contributed by atoms with Gasteiger partial charge in [0, 0.05) is 5.38 Å². The van der Waals surface area contributed by atoms with Gasteiger partial charge in [-0.25, -0.2) is 4.98 Å². The highest BCUT2D eigenvalue weighted by molar-refractivity contribution is 7.09. The number of primary amides is 2. The highest BCUT2D eigenvalue weighted by atomic mass is 32.1. The highest BCUT2D eigenvalue weighted by Crippen LogP contribution is 2.22. The van der Waals surface area contributed by atoms with E-state index in [2.05, 4.69) is 10.3 Å². The Kier molecular flexibility index (Phi) is 8.11. The normalized spacial score (nSPS) is 12.5. The van der Waals surface area contributed by atoms with Crippen molar-refractivity contribution >= 4 is 29.1 Å². The molecule has 3 aromatic rings. The zero-order valence-electron chi connectivity index (χ0n) is 17.8. The van der Waals surface area contributed by atoms with Crippen molar-refractivity contribution in [3.05, 3.63) is 81.8 Å². The van der Waals surface area contributed by atoms with Crippen molar-refractivity contribution in [1.82, 2.24) is 10.3 Å². The summed E-state index contributed by atoms with van der Waals surface area (Å²) in [5.74, 6) is -1.49. The number of aromatic nitrogens is 1. The average molecular weight is 468 g/mol. The SMILES string of the molecule is NC(=O)CC(NC(=O)c1csc(C(N)Cc2ccc(OCc3ccccc3)cc2)n1)C(N)=O. The molecule has 0 aliphatic carbocycles. The van der Waals surface area contributed by atoms with E-state index in [9.17, 15) is 14.4 Å². The number of nitrogens with two attached hydrogens (primary N) is 3. The number of carbonyl (C=O) groups is 3. The van der Waals surface area contributed by atoms with Gasteiger partial charge in [0.25, 0.3) is 5.91 Å². The van der Waals surface area contributed by atoms with E-state index in [0.29, 0.717) is 18.0 Å². The highest BCUT2D eigenvalue weighted by Gasteiger charge is 2.23. The Balaban J connectivity index is 1.55. The second-order valence-corrected chi connectivity index (χ2v) is 8.29. The van der Waals surface area contributed by atoms with Crippen molar-refractivity contribution in [2.24, 2.45) is 17.2 Å². The van der Waals surface area contributed by atoms with E-state index in [1.54, 1.807) is 0 Å². The molecule has 2 unspecified atom stereocenters. The Hall–Kier alpha value is -3.76. The lowest BCUT2D eigenvalue weighted by Crippen LogP contribution is -2.46. The number of nitrogens with zero attached hydrogens (tertiary/aromatic N) is 1. The molecule has 0 fully saturated rings. The third kappa shape index (κ3) is 7.13. The van der Waals surface area contributed by atoms with Crippen LogP contribution >= 0.6 is 11.3 Å². The summed E-state index contributed by atoms with van der Waals surface area (Å²) in [6, 6.07) is 15.9. The van der Waals surface area contributed by atoms with Crippen LogP contribution in [0.3, 0.4) is 0 Å². The van der Waals surface area contributed by atoms with E-state index in [1.807, 2.05) is 54.6 Å². The van der Waals surface area contributed by atoms with Crippen LogP contribution in [0.2, 0.25) is 0 Å². The zero-order chi connectivity index (χ0) is 23.8. The molecule has 0 bridgehead atoms. The van der Waals surface area contributed by atoms with Crippen LogP contribution in [-0.4, -0.2) is 28.7 Å². The minimum absolute atomic E-state index is 0.0887. The van der Waals surface area contributed by atoms with Gasteiger partial charge in [0.2, 0.25) is 11.8 Å². The molecule has 0 aliphatic rings. The van der Waals surface area contributed by atoms with Crippen LogP contribution in [0, 0.1) is 0 Å². The minimum atomic E-state index is -1.20. The summed E-state index contributed by atoms with van der Waals surface area (Å²) in [4.78, 5) is 39.1. The number of hydrogen-bond acceptors (Lipinski definition) is 7. The molecule has 10 heteroatoms. The molecule has 2 atom stereocenters. The van der Waals surface area contributed by atoms with Gasteiger partial charge >= 0.3 is 0 Å². The Bertz CT molecular complexity index is 1100. The number of thiazole rings is 1. The minimum Gasteiger partial charge on any atom is -0.489 e. The maximum absolute atomic E-state index is 12.4. The maximum atomic E-state index is 12.4. The van der Waals surface area contributed by atoms with Gasteiger partial charge in [-0.05, 0) is 29.7 Å². The topological polar surface area (TPSA) is 163 Å². The number of nitrogens with one attached hydrogen (secondary N) is 1. The Labute approximate surface area is 194 Å². The fourth-order valence-electron chi connectivity index (χ4n) is 3.02. The van der Waals surface area contributed by atoms with E-state index in [-0.39, 0.29) is 12.1 Å². The maximum Gasteiger partial charge on any atom is 0.271 e. The first kappa shape index (κ1) is 23.9. The number of benzene rings is 2. The molecule has 2 aromatic carbocycles. The van der Waals surface area contributed by atoms with Crippen molar-refractivity contribution in [2.45, 2.75) is 31.5 Å². The molecule has 0 aliphatic heterocycles. The summed E-state index contributed by atoms with van der Waals surface area (Å²) in [5, 5.41) is 4.47. The third-order valence-corrected chi connectivity index (χ3v) is 5.73. The Morgan fingerprint density at radius 3 is 2.33 bits per heavy atom. The Morgan fingerprint density at radius 2 is 1.70 bits per heavy atom. The van der Waals surface area contributed by atoms with Crippen LogP contribution in [0.5, 0.6) is 5.75 Å². The molecule has 172 valence electrons. The van der Waals surface area contributed by atoms with E-state index in [1.165, 1.54) is 16.7 Å².